The van der Waals surface area contributed by atoms with E-state index in [0.717, 1.165) is 17.0 Å². The smallest absolute Gasteiger partial charge is 0.114 e. The van der Waals surface area contributed by atoms with E-state index in [1.165, 1.54) is 19.3 Å². The molecule has 0 spiro atoms. The highest BCUT2D eigenvalue weighted by Crippen LogP contribution is 2.43. The molecule has 0 heterocycles. The normalized spacial score (nSPS) is 17.9. The van der Waals surface area contributed by atoms with Crippen molar-refractivity contribution in [2.24, 2.45) is 11.1 Å². The van der Waals surface area contributed by atoms with Crippen LogP contribution in [0.25, 0.3) is 0 Å². The summed E-state index contributed by atoms with van der Waals surface area (Å²) in [6.45, 7) is 6.46. The van der Waals surface area contributed by atoms with Crippen LogP contribution >= 0.6 is 0 Å². The Morgan fingerprint density at radius 3 is 2.29 bits per heavy atom. The van der Waals surface area contributed by atoms with Gasteiger partial charge in [0.25, 0.3) is 0 Å². The van der Waals surface area contributed by atoms with Gasteiger partial charge in [0.2, 0.25) is 0 Å². The molecule has 1 saturated carbocycles. The summed E-state index contributed by atoms with van der Waals surface area (Å²) in [6, 6.07) is 6.17. The van der Waals surface area contributed by atoms with Gasteiger partial charge in [-0.1, -0.05) is 45.4 Å². The second-order valence-corrected chi connectivity index (χ2v) is 5.51. The summed E-state index contributed by atoms with van der Waals surface area (Å²) in [5.74, 6) is 1.57. The predicted molar refractivity (Wildman–Crippen MR) is 71.7 cm³/mol. The Morgan fingerprint density at radius 1 is 1.18 bits per heavy atom. The molecule has 0 amide bonds. The molecule has 2 nitrogen and oxygen atoms in total. The lowest BCUT2D eigenvalue weighted by Crippen LogP contribution is -2.18. The summed E-state index contributed by atoms with van der Waals surface area (Å²) in [5, 5.41) is 3.30. The average molecular weight is 231 g/mol. The molecule has 0 N–H and O–H groups in total. The highest BCUT2D eigenvalue weighted by Gasteiger charge is 2.27. The van der Waals surface area contributed by atoms with Crippen LogP contribution in [0, 0.1) is 10.8 Å². The van der Waals surface area contributed by atoms with E-state index in [0.29, 0.717) is 17.5 Å². The second kappa shape index (κ2) is 4.99. The van der Waals surface area contributed by atoms with Crippen LogP contribution in [0.3, 0.4) is 0 Å². The van der Waals surface area contributed by atoms with Crippen LogP contribution in [0.1, 0.15) is 63.0 Å². The minimum atomic E-state index is 0.358. The van der Waals surface area contributed by atoms with Crippen molar-refractivity contribution in [3.05, 3.63) is 34.2 Å². The summed E-state index contributed by atoms with van der Waals surface area (Å²) in [7, 11) is 0. The van der Waals surface area contributed by atoms with Crippen LogP contribution in [-0.4, -0.2) is 0 Å². The third-order valence-corrected chi connectivity index (χ3v) is 4.16. The zero-order chi connectivity index (χ0) is 12.4. The Hall–Kier alpha value is -1.18. The molecule has 1 atom stereocenters. The number of nitroso groups, excluding NO2 is 1. The molecule has 1 fully saturated rings. The Labute approximate surface area is 103 Å². The molecule has 17 heavy (non-hydrogen) atoms. The zero-order valence-electron chi connectivity index (χ0n) is 10.9. The van der Waals surface area contributed by atoms with Gasteiger partial charge in [0.1, 0.15) is 5.69 Å². The van der Waals surface area contributed by atoms with Gasteiger partial charge in [0.15, 0.2) is 0 Å². The monoisotopic (exact) mass is 231 g/mol. The van der Waals surface area contributed by atoms with Crippen molar-refractivity contribution in [2.45, 2.75) is 51.9 Å². The molecule has 0 radical (unpaired) electrons. The number of rotatable bonds is 4. The molecule has 2 heteroatoms. The van der Waals surface area contributed by atoms with Gasteiger partial charge in [0.05, 0.1) is 0 Å². The number of nitrogens with zero attached hydrogens (tertiary/aromatic N) is 1. The molecule has 0 aromatic heterocycles. The Kier molecular flexibility index (Phi) is 3.60. The molecule has 0 bridgehead atoms. The minimum absolute atomic E-state index is 0.358. The molecule has 2 rings (SSSR count). The molecule has 0 saturated heterocycles. The average Bonchev–Trinajstić information content (AvgIpc) is 2.25. The van der Waals surface area contributed by atoms with Crippen molar-refractivity contribution in [1.29, 1.82) is 0 Å². The maximum atomic E-state index is 11.1. The number of hydrogen-bond donors (Lipinski definition) is 0. The number of hydrogen-bond acceptors (Lipinski definition) is 2. The Balaban J connectivity index is 2.38. The fourth-order valence-corrected chi connectivity index (χ4v) is 2.71. The van der Waals surface area contributed by atoms with Crippen LogP contribution in [-0.2, 0) is 0 Å². The maximum Gasteiger partial charge on any atom is 0.114 e. The largest absolute Gasteiger partial charge is 0.145 e. The third-order valence-electron chi connectivity index (χ3n) is 4.16. The Bertz CT molecular complexity index is 407. The van der Waals surface area contributed by atoms with Gasteiger partial charge >= 0.3 is 0 Å². The zero-order valence-corrected chi connectivity index (χ0v) is 10.9. The second-order valence-electron chi connectivity index (χ2n) is 5.51. The maximum absolute atomic E-state index is 11.1. The Morgan fingerprint density at radius 2 is 1.82 bits per heavy atom. The predicted octanol–water partition coefficient (Wildman–Crippen LogP) is 5.11. The van der Waals surface area contributed by atoms with Crippen molar-refractivity contribution in [2.75, 3.05) is 0 Å². The molecule has 1 aromatic rings. The standard InChI is InChI=1S/C15H21NO/c1-10(2)13-8-5-9-14(15(13)16-17)11(3)12-6-4-7-12/h5,8-12H,4,6-7H2,1-3H3. The van der Waals surface area contributed by atoms with Gasteiger partial charge in [-0.2, -0.15) is 0 Å². The summed E-state index contributed by atoms with van der Waals surface area (Å²) in [4.78, 5) is 11.1. The molecule has 0 aliphatic heterocycles. The number of benzene rings is 1. The molecule has 1 aromatic carbocycles. The van der Waals surface area contributed by atoms with Gasteiger partial charge in [-0.3, -0.25) is 0 Å². The van der Waals surface area contributed by atoms with Crippen LogP contribution in [0.15, 0.2) is 23.4 Å². The van der Waals surface area contributed by atoms with Gasteiger partial charge in [-0.05, 0) is 46.9 Å². The molecule has 1 aliphatic rings. The van der Waals surface area contributed by atoms with E-state index in [-0.39, 0.29) is 0 Å². The first kappa shape index (κ1) is 12.3. The first-order valence-corrected chi connectivity index (χ1v) is 6.61. The fourth-order valence-electron chi connectivity index (χ4n) is 2.71. The quantitative estimate of drug-likeness (QED) is 0.662. The highest BCUT2D eigenvalue weighted by atomic mass is 16.3. The van der Waals surface area contributed by atoms with Crippen molar-refractivity contribution in [1.82, 2.24) is 0 Å². The van der Waals surface area contributed by atoms with Crippen molar-refractivity contribution in [3.63, 3.8) is 0 Å². The van der Waals surface area contributed by atoms with Crippen molar-refractivity contribution in [3.8, 4) is 0 Å². The van der Waals surface area contributed by atoms with E-state index in [2.05, 4.69) is 38.1 Å². The molecular weight excluding hydrogens is 210 g/mol. The molecular formula is C15H21NO. The van der Waals surface area contributed by atoms with Crippen LogP contribution in [0.2, 0.25) is 0 Å². The lowest BCUT2D eigenvalue weighted by Gasteiger charge is -2.32. The van der Waals surface area contributed by atoms with E-state index in [4.69, 9.17) is 0 Å². The van der Waals surface area contributed by atoms with E-state index >= 15 is 0 Å². The summed E-state index contributed by atoms with van der Waals surface area (Å²) in [5.41, 5.74) is 2.93. The fraction of sp³-hybridized carbons (Fsp3) is 0.600. The van der Waals surface area contributed by atoms with Crippen LogP contribution in [0.5, 0.6) is 0 Å². The summed E-state index contributed by atoms with van der Waals surface area (Å²) < 4.78 is 0. The topological polar surface area (TPSA) is 29.4 Å². The molecule has 1 unspecified atom stereocenters. The SMILES string of the molecule is CC(C)c1cccc(C(C)C2CCC2)c1N=O. The van der Waals surface area contributed by atoms with Gasteiger partial charge in [0, 0.05) is 0 Å². The first-order chi connectivity index (χ1) is 8.15. The van der Waals surface area contributed by atoms with Crippen LogP contribution < -0.4 is 0 Å². The lowest BCUT2D eigenvalue weighted by atomic mass is 9.73. The third kappa shape index (κ3) is 2.26. The molecule has 92 valence electrons. The van der Waals surface area contributed by atoms with Crippen molar-refractivity contribution >= 4 is 5.69 Å². The van der Waals surface area contributed by atoms with Gasteiger partial charge in [-0.15, -0.1) is 4.91 Å². The van der Waals surface area contributed by atoms with Crippen LogP contribution in [0.4, 0.5) is 5.69 Å². The first-order valence-electron chi connectivity index (χ1n) is 6.61. The van der Waals surface area contributed by atoms with E-state index < -0.39 is 0 Å². The van der Waals surface area contributed by atoms with Crippen molar-refractivity contribution < 1.29 is 0 Å². The van der Waals surface area contributed by atoms with E-state index in [9.17, 15) is 4.91 Å². The van der Waals surface area contributed by atoms with E-state index in [1.807, 2.05) is 6.07 Å². The highest BCUT2D eigenvalue weighted by molar-refractivity contribution is 5.55. The summed E-state index contributed by atoms with van der Waals surface area (Å²) >= 11 is 0. The lowest BCUT2D eigenvalue weighted by molar-refractivity contribution is 0.272. The van der Waals surface area contributed by atoms with Gasteiger partial charge in [-0.25, -0.2) is 0 Å². The minimum Gasteiger partial charge on any atom is -0.145 e. The van der Waals surface area contributed by atoms with E-state index in [1.54, 1.807) is 0 Å². The van der Waals surface area contributed by atoms with Gasteiger partial charge < -0.3 is 0 Å². The summed E-state index contributed by atoms with van der Waals surface area (Å²) in [6.07, 6.45) is 3.93. The molecule has 1 aliphatic carbocycles.